The van der Waals surface area contributed by atoms with Gasteiger partial charge in [0.25, 0.3) is 11.8 Å². The predicted octanol–water partition coefficient (Wildman–Crippen LogP) is 0.442. The van der Waals surface area contributed by atoms with E-state index in [4.69, 9.17) is 10.5 Å². The summed E-state index contributed by atoms with van der Waals surface area (Å²) in [5, 5.41) is 12.0. The zero-order valence-corrected chi connectivity index (χ0v) is 11.7. The third kappa shape index (κ3) is 4.55. The second kappa shape index (κ2) is 6.91. The Morgan fingerprint density at radius 1 is 1.35 bits per heavy atom. The van der Waals surface area contributed by atoms with Gasteiger partial charge in [0.15, 0.2) is 6.61 Å². The Hall–Kier alpha value is -2.08. The highest BCUT2D eigenvalue weighted by Crippen LogP contribution is 2.14. The first-order valence-electron chi connectivity index (χ1n) is 6.35. The predicted molar refractivity (Wildman–Crippen MR) is 74.4 cm³/mol. The molecule has 0 aliphatic heterocycles. The van der Waals surface area contributed by atoms with E-state index in [1.54, 1.807) is 31.2 Å². The summed E-state index contributed by atoms with van der Waals surface area (Å²) >= 11 is 0. The number of rotatable bonds is 7. The van der Waals surface area contributed by atoms with Crippen LogP contribution in [0.5, 0.6) is 5.75 Å². The lowest BCUT2D eigenvalue weighted by Gasteiger charge is -2.27. The fourth-order valence-electron chi connectivity index (χ4n) is 1.44. The van der Waals surface area contributed by atoms with Crippen LogP contribution in [0.1, 0.15) is 30.6 Å². The summed E-state index contributed by atoms with van der Waals surface area (Å²) in [5.41, 5.74) is 4.77. The van der Waals surface area contributed by atoms with Gasteiger partial charge in [-0.1, -0.05) is 6.92 Å². The molecule has 0 aliphatic rings. The number of aliphatic hydroxyl groups is 1. The number of carbonyl (C=O) groups is 2. The topological polar surface area (TPSA) is 102 Å². The van der Waals surface area contributed by atoms with Gasteiger partial charge in [-0.15, -0.1) is 0 Å². The molecule has 1 rings (SSSR count). The van der Waals surface area contributed by atoms with Crippen LogP contribution in [-0.4, -0.2) is 35.7 Å². The number of nitrogens with two attached hydrogens (primary N) is 1. The van der Waals surface area contributed by atoms with Crippen LogP contribution in [-0.2, 0) is 4.79 Å². The minimum Gasteiger partial charge on any atom is -0.484 e. The number of nitrogens with one attached hydrogen (secondary N) is 1. The largest absolute Gasteiger partial charge is 0.484 e. The van der Waals surface area contributed by atoms with Gasteiger partial charge < -0.3 is 20.9 Å². The molecular weight excluding hydrogens is 260 g/mol. The van der Waals surface area contributed by atoms with Gasteiger partial charge in [0.1, 0.15) is 5.75 Å². The van der Waals surface area contributed by atoms with Gasteiger partial charge in [-0.2, -0.15) is 0 Å². The molecule has 4 N–H and O–H groups in total. The van der Waals surface area contributed by atoms with Crippen LogP contribution in [0.15, 0.2) is 24.3 Å². The van der Waals surface area contributed by atoms with Gasteiger partial charge in [-0.05, 0) is 37.6 Å². The van der Waals surface area contributed by atoms with Crippen LogP contribution in [0, 0.1) is 0 Å². The Balaban J connectivity index is 2.68. The van der Waals surface area contributed by atoms with Gasteiger partial charge in [0.2, 0.25) is 0 Å². The third-order valence-electron chi connectivity index (χ3n) is 3.04. The standard InChI is InChI=1S/C14H20N2O4/c1-3-14(2,9-17)16-13(19)10-4-6-11(7-5-10)20-8-12(15)18/h4-7,17H,3,8-9H2,1-2H3,(H2,15,18)(H,16,19). The molecule has 0 aromatic heterocycles. The van der Waals surface area contributed by atoms with Crippen molar-refractivity contribution >= 4 is 11.8 Å². The Kier molecular flexibility index (Phi) is 5.52. The number of carbonyl (C=O) groups excluding carboxylic acids is 2. The summed E-state index contributed by atoms with van der Waals surface area (Å²) in [4.78, 5) is 22.6. The van der Waals surface area contributed by atoms with E-state index in [1.165, 1.54) is 0 Å². The Labute approximate surface area is 117 Å². The van der Waals surface area contributed by atoms with Gasteiger partial charge in [0, 0.05) is 5.56 Å². The molecule has 20 heavy (non-hydrogen) atoms. The Morgan fingerprint density at radius 3 is 2.40 bits per heavy atom. The van der Waals surface area contributed by atoms with Gasteiger partial charge in [0.05, 0.1) is 12.1 Å². The van der Waals surface area contributed by atoms with E-state index >= 15 is 0 Å². The van der Waals surface area contributed by atoms with Crippen LogP contribution >= 0.6 is 0 Å². The van der Waals surface area contributed by atoms with Gasteiger partial charge >= 0.3 is 0 Å². The Bertz CT molecular complexity index is 467. The molecule has 0 radical (unpaired) electrons. The quantitative estimate of drug-likeness (QED) is 0.674. The van der Waals surface area contributed by atoms with Crippen LogP contribution in [0.4, 0.5) is 0 Å². The zero-order valence-electron chi connectivity index (χ0n) is 11.7. The van der Waals surface area contributed by atoms with Crippen molar-refractivity contribution in [2.24, 2.45) is 5.73 Å². The number of hydrogen-bond donors (Lipinski definition) is 3. The summed E-state index contributed by atoms with van der Waals surface area (Å²) in [7, 11) is 0. The lowest BCUT2D eigenvalue weighted by atomic mass is 9.99. The van der Waals surface area contributed by atoms with E-state index < -0.39 is 11.4 Å². The van der Waals surface area contributed by atoms with E-state index in [-0.39, 0.29) is 19.1 Å². The molecule has 110 valence electrons. The van der Waals surface area contributed by atoms with E-state index in [1.807, 2.05) is 6.92 Å². The molecule has 6 heteroatoms. The van der Waals surface area contributed by atoms with Crippen LogP contribution in [0.2, 0.25) is 0 Å². The molecule has 1 unspecified atom stereocenters. The van der Waals surface area contributed by atoms with Gasteiger partial charge in [-0.3, -0.25) is 9.59 Å². The average Bonchev–Trinajstić information content (AvgIpc) is 2.45. The van der Waals surface area contributed by atoms with E-state index in [0.717, 1.165) is 0 Å². The summed E-state index contributed by atoms with van der Waals surface area (Å²) in [5.74, 6) is -0.376. The molecule has 2 amide bonds. The number of benzene rings is 1. The molecule has 1 aromatic rings. The molecule has 0 aliphatic carbocycles. The molecule has 1 atom stereocenters. The average molecular weight is 280 g/mol. The molecule has 0 saturated heterocycles. The maximum absolute atomic E-state index is 12.0. The smallest absolute Gasteiger partial charge is 0.255 e. The SMILES string of the molecule is CCC(C)(CO)NC(=O)c1ccc(OCC(N)=O)cc1. The normalized spacial score (nSPS) is 13.3. The van der Waals surface area contributed by atoms with Crippen molar-refractivity contribution < 1.29 is 19.4 Å². The van der Waals surface area contributed by atoms with Crippen molar-refractivity contribution in [2.45, 2.75) is 25.8 Å². The maximum Gasteiger partial charge on any atom is 0.255 e. The molecular formula is C14H20N2O4. The highest BCUT2D eigenvalue weighted by molar-refractivity contribution is 5.94. The van der Waals surface area contributed by atoms with Crippen LogP contribution < -0.4 is 15.8 Å². The van der Waals surface area contributed by atoms with Crippen molar-refractivity contribution in [3.8, 4) is 5.75 Å². The van der Waals surface area contributed by atoms with E-state index in [0.29, 0.717) is 17.7 Å². The molecule has 0 heterocycles. The molecule has 1 aromatic carbocycles. The minimum absolute atomic E-state index is 0.130. The third-order valence-corrected chi connectivity index (χ3v) is 3.04. The fourth-order valence-corrected chi connectivity index (χ4v) is 1.44. The number of primary amides is 1. The monoisotopic (exact) mass is 280 g/mol. The maximum atomic E-state index is 12.0. The first-order chi connectivity index (χ1) is 9.40. The lowest BCUT2D eigenvalue weighted by Crippen LogP contribution is -2.48. The van der Waals surface area contributed by atoms with Crippen molar-refractivity contribution in [1.82, 2.24) is 5.32 Å². The Morgan fingerprint density at radius 2 is 1.95 bits per heavy atom. The summed E-state index contributed by atoms with van der Waals surface area (Å²) in [6.45, 7) is 3.32. The van der Waals surface area contributed by atoms with Crippen molar-refractivity contribution in [2.75, 3.05) is 13.2 Å². The first kappa shape index (κ1) is 16.0. The molecule has 6 nitrogen and oxygen atoms in total. The second-order valence-electron chi connectivity index (χ2n) is 4.81. The van der Waals surface area contributed by atoms with E-state index in [2.05, 4.69) is 5.32 Å². The van der Waals surface area contributed by atoms with Crippen molar-refractivity contribution in [1.29, 1.82) is 0 Å². The van der Waals surface area contributed by atoms with Gasteiger partial charge in [-0.25, -0.2) is 0 Å². The van der Waals surface area contributed by atoms with Crippen LogP contribution in [0.3, 0.4) is 0 Å². The summed E-state index contributed by atoms with van der Waals surface area (Å²) in [6.07, 6.45) is 0.620. The summed E-state index contributed by atoms with van der Waals surface area (Å²) < 4.78 is 5.10. The van der Waals surface area contributed by atoms with Crippen LogP contribution in [0.25, 0.3) is 0 Å². The number of amides is 2. The summed E-state index contributed by atoms with van der Waals surface area (Å²) in [6, 6.07) is 6.33. The minimum atomic E-state index is -0.641. The molecule has 0 bridgehead atoms. The highest BCUT2D eigenvalue weighted by atomic mass is 16.5. The molecule has 0 saturated carbocycles. The lowest BCUT2D eigenvalue weighted by molar-refractivity contribution is -0.119. The first-order valence-corrected chi connectivity index (χ1v) is 6.35. The second-order valence-corrected chi connectivity index (χ2v) is 4.81. The molecule has 0 spiro atoms. The highest BCUT2D eigenvalue weighted by Gasteiger charge is 2.23. The number of ether oxygens (including phenoxy) is 1. The zero-order chi connectivity index (χ0) is 15.2. The van der Waals surface area contributed by atoms with Crippen molar-refractivity contribution in [3.63, 3.8) is 0 Å². The fraction of sp³-hybridized carbons (Fsp3) is 0.429. The number of aliphatic hydroxyl groups excluding tert-OH is 1. The molecule has 0 fully saturated rings. The van der Waals surface area contributed by atoms with Crippen molar-refractivity contribution in [3.05, 3.63) is 29.8 Å². The number of hydrogen-bond acceptors (Lipinski definition) is 4. The van der Waals surface area contributed by atoms with E-state index in [9.17, 15) is 14.7 Å².